The van der Waals surface area contributed by atoms with Gasteiger partial charge in [0.2, 0.25) is 0 Å². The van der Waals surface area contributed by atoms with Gasteiger partial charge in [-0.2, -0.15) is 0 Å². The summed E-state index contributed by atoms with van der Waals surface area (Å²) < 4.78 is 11.4. The Kier molecular flexibility index (Phi) is 9.61. The lowest BCUT2D eigenvalue weighted by Gasteiger charge is -2.30. The predicted octanol–water partition coefficient (Wildman–Crippen LogP) is 6.28. The summed E-state index contributed by atoms with van der Waals surface area (Å²) >= 11 is 0. The molecule has 2 aliphatic rings. The van der Waals surface area contributed by atoms with Gasteiger partial charge in [-0.3, -0.25) is 4.99 Å². The number of likely N-dealkylation sites (tertiary alicyclic amines) is 1. The number of rotatable bonds is 12. The van der Waals surface area contributed by atoms with Gasteiger partial charge in [-0.1, -0.05) is 36.4 Å². The number of aliphatic imine (C=N–C) groups is 2. The van der Waals surface area contributed by atoms with Crippen molar-refractivity contribution in [3.8, 4) is 0 Å². The summed E-state index contributed by atoms with van der Waals surface area (Å²) in [4.78, 5) is 12.3. The second kappa shape index (κ2) is 12.9. The third-order valence-corrected chi connectivity index (χ3v) is 7.62. The molecule has 2 aromatic carbocycles. The molecule has 6 nitrogen and oxygen atoms in total. The van der Waals surface area contributed by atoms with Gasteiger partial charge in [-0.25, -0.2) is 4.99 Å². The van der Waals surface area contributed by atoms with Crippen LogP contribution in [0, 0.1) is 5.92 Å². The molecule has 6 heteroatoms. The Morgan fingerprint density at radius 2 is 1.87 bits per heavy atom. The molecule has 0 atom stereocenters. The Labute approximate surface area is 229 Å². The molecule has 0 unspecified atom stereocenters. The van der Waals surface area contributed by atoms with Gasteiger partial charge in [0.15, 0.2) is 5.90 Å². The highest BCUT2D eigenvalue weighted by Gasteiger charge is 2.37. The van der Waals surface area contributed by atoms with E-state index in [4.69, 9.17) is 19.5 Å². The number of benzene rings is 2. The zero-order valence-corrected chi connectivity index (χ0v) is 24.0. The smallest absolute Gasteiger partial charge is 0.194 e. The highest BCUT2D eigenvalue weighted by atomic mass is 16.5. The zero-order valence-electron chi connectivity index (χ0n) is 24.0. The fourth-order valence-electron chi connectivity index (χ4n) is 5.05. The minimum atomic E-state index is -0.213. The Morgan fingerprint density at radius 3 is 2.55 bits per heavy atom. The molecule has 2 aliphatic heterocycles. The third-order valence-electron chi connectivity index (χ3n) is 7.62. The van der Waals surface area contributed by atoms with Gasteiger partial charge in [-0.05, 0) is 96.1 Å². The molecule has 0 saturated carbocycles. The van der Waals surface area contributed by atoms with E-state index in [2.05, 4.69) is 80.5 Å². The number of para-hydroxylation sites is 2. The Morgan fingerprint density at radius 1 is 1.13 bits per heavy atom. The maximum absolute atomic E-state index is 5.95. The Bertz CT molecular complexity index is 1080. The summed E-state index contributed by atoms with van der Waals surface area (Å²) in [5.41, 5.74) is 4.38. The van der Waals surface area contributed by atoms with Crippen LogP contribution >= 0.6 is 0 Å². The molecular formula is C32H46N4O2. The lowest BCUT2D eigenvalue weighted by Crippen LogP contribution is -2.35. The van der Waals surface area contributed by atoms with Crippen LogP contribution in [-0.4, -0.2) is 68.6 Å². The monoisotopic (exact) mass is 518 g/mol. The highest BCUT2D eigenvalue weighted by molar-refractivity contribution is 5.89. The van der Waals surface area contributed by atoms with E-state index >= 15 is 0 Å². The quantitative estimate of drug-likeness (QED) is 0.265. The van der Waals surface area contributed by atoms with Crippen LogP contribution in [0.2, 0.25) is 0 Å². The summed E-state index contributed by atoms with van der Waals surface area (Å²) in [6.45, 7) is 16.9. The van der Waals surface area contributed by atoms with Gasteiger partial charge >= 0.3 is 0 Å². The molecular weight excluding hydrogens is 472 g/mol. The van der Waals surface area contributed by atoms with E-state index in [1.165, 1.54) is 11.1 Å². The Balaban J connectivity index is 1.22. The van der Waals surface area contributed by atoms with E-state index in [1.807, 2.05) is 19.1 Å². The first-order valence-electron chi connectivity index (χ1n) is 14.3. The third kappa shape index (κ3) is 7.67. The first-order valence-corrected chi connectivity index (χ1v) is 14.3. The number of hydrogen-bond acceptors (Lipinski definition) is 6. The molecule has 2 heterocycles. The van der Waals surface area contributed by atoms with Gasteiger partial charge in [0.25, 0.3) is 0 Å². The van der Waals surface area contributed by atoms with Crippen molar-refractivity contribution in [2.24, 2.45) is 15.9 Å². The van der Waals surface area contributed by atoms with E-state index in [1.54, 1.807) is 0 Å². The first kappa shape index (κ1) is 28.3. The minimum absolute atomic E-state index is 0.128. The standard InChI is InChI=1S/C32H46N4O2/c1-6-37-22-18-33-28-9-7-8-10-29(28)34-23-26-16-20-36(21-17-26)19-15-25-11-13-27(14-12-25)32(4,5)30-35-31(2,3)24-38-30/h7-14,23,26,33H,6,15-22,24H2,1-5H3. The SMILES string of the molecule is CCOCCNc1ccccc1N=CC1CCN(CCc2ccc(C(C)(C)C3=NC(C)(C)CO3)cc2)CC1. The molecule has 2 aromatic rings. The largest absolute Gasteiger partial charge is 0.478 e. The molecule has 1 fully saturated rings. The molecule has 38 heavy (non-hydrogen) atoms. The minimum Gasteiger partial charge on any atom is -0.478 e. The molecule has 0 aliphatic carbocycles. The van der Waals surface area contributed by atoms with Crippen LogP contribution in [0.5, 0.6) is 0 Å². The summed E-state index contributed by atoms with van der Waals surface area (Å²) in [5.74, 6) is 1.39. The Hall–Kier alpha value is -2.70. The van der Waals surface area contributed by atoms with E-state index in [0.29, 0.717) is 19.1 Å². The van der Waals surface area contributed by atoms with Gasteiger partial charge in [0.05, 0.1) is 28.9 Å². The van der Waals surface area contributed by atoms with Crippen molar-refractivity contribution in [2.75, 3.05) is 51.3 Å². The number of piperidine rings is 1. The van der Waals surface area contributed by atoms with E-state index in [-0.39, 0.29) is 11.0 Å². The number of hydrogen-bond donors (Lipinski definition) is 1. The van der Waals surface area contributed by atoms with Crippen molar-refractivity contribution < 1.29 is 9.47 Å². The van der Waals surface area contributed by atoms with Gasteiger partial charge in [-0.15, -0.1) is 0 Å². The number of ether oxygens (including phenoxy) is 2. The van der Waals surface area contributed by atoms with Crippen molar-refractivity contribution in [1.82, 2.24) is 4.90 Å². The fraction of sp³-hybridized carbons (Fsp3) is 0.562. The van der Waals surface area contributed by atoms with Crippen molar-refractivity contribution in [1.29, 1.82) is 0 Å². The highest BCUT2D eigenvalue weighted by Crippen LogP contribution is 2.32. The van der Waals surface area contributed by atoms with Crippen molar-refractivity contribution in [2.45, 2.75) is 64.8 Å². The topological polar surface area (TPSA) is 58.5 Å². The molecule has 0 amide bonds. The van der Waals surface area contributed by atoms with Crippen molar-refractivity contribution in [3.63, 3.8) is 0 Å². The van der Waals surface area contributed by atoms with Crippen LogP contribution in [0.25, 0.3) is 0 Å². The number of anilines is 1. The van der Waals surface area contributed by atoms with Gasteiger partial charge in [0, 0.05) is 25.9 Å². The summed E-state index contributed by atoms with van der Waals surface area (Å²) in [6, 6.07) is 17.3. The molecule has 1 saturated heterocycles. The van der Waals surface area contributed by atoms with E-state index < -0.39 is 0 Å². The maximum atomic E-state index is 5.95. The molecule has 0 aromatic heterocycles. The lowest BCUT2D eigenvalue weighted by atomic mass is 9.83. The summed E-state index contributed by atoms with van der Waals surface area (Å²) in [5, 5.41) is 3.44. The van der Waals surface area contributed by atoms with Crippen LogP contribution in [0.15, 0.2) is 58.5 Å². The average molecular weight is 519 g/mol. The fourth-order valence-corrected chi connectivity index (χ4v) is 5.05. The van der Waals surface area contributed by atoms with Crippen molar-refractivity contribution >= 4 is 23.5 Å². The van der Waals surface area contributed by atoms with Crippen LogP contribution in [0.1, 0.15) is 58.6 Å². The second-order valence-corrected chi connectivity index (χ2v) is 11.7. The number of nitrogens with zero attached hydrogens (tertiary/aromatic N) is 3. The van der Waals surface area contributed by atoms with Crippen molar-refractivity contribution in [3.05, 3.63) is 59.7 Å². The van der Waals surface area contributed by atoms with Crippen LogP contribution < -0.4 is 5.32 Å². The normalized spacial score (nSPS) is 18.5. The number of nitrogens with one attached hydrogen (secondary N) is 1. The van der Waals surface area contributed by atoms with Gasteiger partial charge in [0.1, 0.15) is 6.61 Å². The summed E-state index contributed by atoms with van der Waals surface area (Å²) in [6.07, 6.45) is 5.56. The molecule has 206 valence electrons. The van der Waals surface area contributed by atoms with Crippen LogP contribution in [-0.2, 0) is 21.3 Å². The van der Waals surface area contributed by atoms with E-state index in [0.717, 1.165) is 69.3 Å². The summed E-state index contributed by atoms with van der Waals surface area (Å²) in [7, 11) is 0. The van der Waals surface area contributed by atoms with Crippen LogP contribution in [0.4, 0.5) is 11.4 Å². The van der Waals surface area contributed by atoms with E-state index in [9.17, 15) is 0 Å². The molecule has 0 bridgehead atoms. The molecule has 0 radical (unpaired) electrons. The van der Waals surface area contributed by atoms with Crippen LogP contribution in [0.3, 0.4) is 0 Å². The zero-order chi connectivity index (χ0) is 27.0. The lowest BCUT2D eigenvalue weighted by molar-refractivity contribution is 0.158. The first-order chi connectivity index (χ1) is 18.3. The van der Waals surface area contributed by atoms with Gasteiger partial charge < -0.3 is 19.7 Å². The second-order valence-electron chi connectivity index (χ2n) is 11.7. The molecule has 0 spiro atoms. The average Bonchev–Trinajstić information content (AvgIpc) is 3.30. The molecule has 4 rings (SSSR count). The maximum Gasteiger partial charge on any atom is 0.194 e. The molecule has 1 N–H and O–H groups in total. The predicted molar refractivity (Wildman–Crippen MR) is 159 cm³/mol.